The van der Waals surface area contributed by atoms with Crippen LogP contribution in [0.5, 0.6) is 0 Å². The third-order valence-corrected chi connectivity index (χ3v) is 3.91. The summed E-state index contributed by atoms with van der Waals surface area (Å²) >= 11 is 6.97. The van der Waals surface area contributed by atoms with Gasteiger partial charge in [-0.05, 0) is 24.3 Å². The molecule has 0 aliphatic carbocycles. The highest BCUT2D eigenvalue weighted by Gasteiger charge is 2.26. The Balaban J connectivity index is 1.93. The van der Waals surface area contributed by atoms with Crippen LogP contribution < -0.4 is 5.32 Å². The number of hydrogen-bond donors (Lipinski definition) is 2. The van der Waals surface area contributed by atoms with Crippen LogP contribution in [0, 0.1) is 0 Å². The van der Waals surface area contributed by atoms with Gasteiger partial charge in [-0.3, -0.25) is 10.1 Å². The maximum absolute atomic E-state index is 12.1. The zero-order valence-electron chi connectivity index (χ0n) is 11.3. The van der Waals surface area contributed by atoms with Gasteiger partial charge in [-0.25, -0.2) is 9.78 Å². The Bertz CT molecular complexity index is 859. The third kappa shape index (κ3) is 3.08. The van der Waals surface area contributed by atoms with Gasteiger partial charge in [0, 0.05) is 22.2 Å². The van der Waals surface area contributed by atoms with Crippen LogP contribution in [0.1, 0.15) is 20.7 Å². The first-order valence-electron chi connectivity index (χ1n) is 6.26. The number of carbonyl (C=O) groups is 2. The minimum atomic E-state index is -1.28. The molecule has 2 heterocycles. The number of benzene rings is 1. The minimum absolute atomic E-state index is 0.0684. The maximum Gasteiger partial charge on any atom is 0.343 e. The fourth-order valence-electron chi connectivity index (χ4n) is 1.84. The molecule has 0 aliphatic heterocycles. The summed E-state index contributed by atoms with van der Waals surface area (Å²) in [4.78, 5) is 27.6. The van der Waals surface area contributed by atoms with Crippen molar-refractivity contribution >= 4 is 40.7 Å². The van der Waals surface area contributed by atoms with Gasteiger partial charge in [0.15, 0.2) is 11.3 Å². The van der Waals surface area contributed by atoms with E-state index in [-0.39, 0.29) is 17.1 Å². The molecule has 0 saturated carbocycles. The lowest BCUT2D eigenvalue weighted by atomic mass is 10.2. The van der Waals surface area contributed by atoms with Gasteiger partial charge in [-0.1, -0.05) is 16.8 Å². The van der Waals surface area contributed by atoms with Crippen molar-refractivity contribution in [2.24, 2.45) is 0 Å². The molecule has 0 unspecified atom stereocenters. The number of halogens is 1. The fraction of sp³-hybridized carbons (Fsp3) is 0. The number of aromatic carboxylic acids is 1. The van der Waals surface area contributed by atoms with Crippen LogP contribution >= 0.6 is 22.9 Å². The van der Waals surface area contributed by atoms with E-state index in [0.29, 0.717) is 15.6 Å². The van der Waals surface area contributed by atoms with Crippen molar-refractivity contribution in [3.8, 4) is 10.7 Å². The third-order valence-electron chi connectivity index (χ3n) is 2.87. The van der Waals surface area contributed by atoms with Gasteiger partial charge in [0.2, 0.25) is 5.88 Å². The van der Waals surface area contributed by atoms with Gasteiger partial charge >= 0.3 is 5.97 Å². The molecule has 2 aromatic heterocycles. The summed E-state index contributed by atoms with van der Waals surface area (Å²) in [5, 5.41) is 18.0. The van der Waals surface area contributed by atoms with E-state index >= 15 is 0 Å². The van der Waals surface area contributed by atoms with Crippen LogP contribution in [0.15, 0.2) is 40.4 Å². The summed E-state index contributed by atoms with van der Waals surface area (Å²) < 4.78 is 4.97. The Morgan fingerprint density at radius 3 is 2.61 bits per heavy atom. The number of anilines is 1. The van der Waals surface area contributed by atoms with Gasteiger partial charge in [0.25, 0.3) is 5.91 Å². The first-order chi connectivity index (χ1) is 11.1. The summed E-state index contributed by atoms with van der Waals surface area (Å²) in [6.45, 7) is 0. The van der Waals surface area contributed by atoms with Crippen molar-refractivity contribution in [1.82, 2.24) is 10.1 Å². The van der Waals surface area contributed by atoms with E-state index in [2.05, 4.69) is 15.5 Å². The van der Waals surface area contributed by atoms with Crippen LogP contribution in [0.25, 0.3) is 10.7 Å². The number of nitrogens with zero attached hydrogens (tertiary/aromatic N) is 2. The lowest BCUT2D eigenvalue weighted by Gasteiger charge is -2.02. The summed E-state index contributed by atoms with van der Waals surface area (Å²) in [6.07, 6.45) is 1.52. The maximum atomic E-state index is 12.1. The Morgan fingerprint density at radius 1 is 1.26 bits per heavy atom. The zero-order valence-corrected chi connectivity index (χ0v) is 12.9. The smallest absolute Gasteiger partial charge is 0.343 e. The SMILES string of the molecule is O=C(Nc1onc(-c2nccs2)c1C(=O)O)c1ccc(Cl)cc1. The van der Waals surface area contributed by atoms with Crippen molar-refractivity contribution in [1.29, 1.82) is 0 Å². The predicted molar refractivity (Wildman–Crippen MR) is 84.0 cm³/mol. The number of hydrogen-bond acceptors (Lipinski definition) is 6. The number of rotatable bonds is 4. The molecule has 0 fully saturated rings. The lowest BCUT2D eigenvalue weighted by molar-refractivity contribution is 0.0698. The van der Waals surface area contributed by atoms with Gasteiger partial charge in [0.1, 0.15) is 5.01 Å². The van der Waals surface area contributed by atoms with Crippen molar-refractivity contribution in [3.05, 3.63) is 52.0 Å². The summed E-state index contributed by atoms with van der Waals surface area (Å²) in [7, 11) is 0. The molecule has 0 atom stereocenters. The Kier molecular flexibility index (Phi) is 4.09. The van der Waals surface area contributed by atoms with Crippen molar-refractivity contribution < 1.29 is 19.2 Å². The molecule has 3 aromatic rings. The summed E-state index contributed by atoms with van der Waals surface area (Å²) in [5.74, 6) is -2.06. The summed E-state index contributed by atoms with van der Waals surface area (Å²) in [5.41, 5.74) is 0.124. The second-order valence-corrected chi connectivity index (χ2v) is 5.67. The van der Waals surface area contributed by atoms with Gasteiger partial charge in [-0.2, -0.15) is 0 Å². The van der Waals surface area contributed by atoms with Gasteiger partial charge in [-0.15, -0.1) is 11.3 Å². The highest BCUT2D eigenvalue weighted by Crippen LogP contribution is 2.30. The lowest BCUT2D eigenvalue weighted by Crippen LogP contribution is -2.13. The van der Waals surface area contributed by atoms with Gasteiger partial charge in [0.05, 0.1) is 0 Å². The molecule has 116 valence electrons. The second kappa shape index (κ2) is 6.19. The molecule has 0 saturated heterocycles. The first kappa shape index (κ1) is 15.2. The second-order valence-electron chi connectivity index (χ2n) is 4.34. The van der Waals surface area contributed by atoms with Crippen LogP contribution in [-0.2, 0) is 0 Å². The predicted octanol–water partition coefficient (Wildman–Crippen LogP) is 3.40. The topological polar surface area (TPSA) is 105 Å². The first-order valence-corrected chi connectivity index (χ1v) is 7.52. The number of carboxylic acids is 1. The van der Waals surface area contributed by atoms with E-state index in [0.717, 1.165) is 0 Å². The van der Waals surface area contributed by atoms with Crippen LogP contribution in [0.3, 0.4) is 0 Å². The highest BCUT2D eigenvalue weighted by atomic mass is 35.5. The van der Waals surface area contributed by atoms with E-state index in [1.807, 2.05) is 0 Å². The van der Waals surface area contributed by atoms with Crippen molar-refractivity contribution in [3.63, 3.8) is 0 Å². The van der Waals surface area contributed by atoms with E-state index in [4.69, 9.17) is 16.1 Å². The molecule has 0 bridgehead atoms. The van der Waals surface area contributed by atoms with E-state index < -0.39 is 11.9 Å². The molecule has 23 heavy (non-hydrogen) atoms. The molecule has 3 rings (SSSR count). The molecule has 7 nitrogen and oxygen atoms in total. The number of carboxylic acid groups (broad SMARTS) is 1. The summed E-state index contributed by atoms with van der Waals surface area (Å²) in [6, 6.07) is 6.12. The largest absolute Gasteiger partial charge is 0.477 e. The van der Waals surface area contributed by atoms with Crippen molar-refractivity contribution in [2.75, 3.05) is 5.32 Å². The highest BCUT2D eigenvalue weighted by molar-refractivity contribution is 7.13. The molecule has 9 heteroatoms. The molecular weight excluding hydrogens is 342 g/mol. The Labute approximate surface area is 138 Å². The molecule has 0 spiro atoms. The minimum Gasteiger partial charge on any atom is -0.477 e. The van der Waals surface area contributed by atoms with Crippen LogP contribution in [-0.4, -0.2) is 27.1 Å². The monoisotopic (exact) mass is 349 g/mol. The number of amides is 1. The van der Waals surface area contributed by atoms with Gasteiger partial charge < -0.3 is 9.63 Å². The average Bonchev–Trinajstić information content (AvgIpc) is 3.16. The zero-order chi connectivity index (χ0) is 16.4. The number of thiazole rings is 1. The average molecular weight is 350 g/mol. The number of nitrogens with one attached hydrogen (secondary N) is 1. The quantitative estimate of drug-likeness (QED) is 0.747. The fourth-order valence-corrected chi connectivity index (χ4v) is 2.59. The molecular formula is C14H8ClN3O4S. The number of carbonyl (C=O) groups excluding carboxylic acids is 1. The van der Waals surface area contributed by atoms with Crippen LogP contribution in [0.4, 0.5) is 5.88 Å². The Hall–Kier alpha value is -2.71. The molecule has 0 radical (unpaired) electrons. The van der Waals surface area contributed by atoms with E-state index in [1.54, 1.807) is 17.5 Å². The van der Waals surface area contributed by atoms with E-state index in [9.17, 15) is 14.7 Å². The van der Waals surface area contributed by atoms with Crippen LogP contribution in [0.2, 0.25) is 5.02 Å². The standard InChI is InChI=1S/C14H8ClN3O4S/c15-8-3-1-7(2-4-8)11(19)17-12-9(14(20)21)10(18-22-12)13-16-5-6-23-13/h1-6H,(H,17,19)(H,20,21). The molecule has 1 amide bonds. The number of aromatic nitrogens is 2. The van der Waals surface area contributed by atoms with E-state index in [1.165, 1.54) is 29.7 Å². The molecule has 0 aliphatic rings. The molecule has 1 aromatic carbocycles. The van der Waals surface area contributed by atoms with Crippen molar-refractivity contribution in [2.45, 2.75) is 0 Å². The molecule has 2 N–H and O–H groups in total. The Morgan fingerprint density at radius 2 is 2.00 bits per heavy atom. The normalized spacial score (nSPS) is 10.5.